The van der Waals surface area contributed by atoms with Crippen molar-refractivity contribution in [2.24, 2.45) is 11.3 Å². The van der Waals surface area contributed by atoms with Crippen molar-refractivity contribution >= 4 is 11.9 Å². The second-order valence-corrected chi connectivity index (χ2v) is 7.06. The molecule has 0 spiro atoms. The highest BCUT2D eigenvalue weighted by Crippen LogP contribution is 2.42. The number of ether oxygens (including phenoxy) is 1. The van der Waals surface area contributed by atoms with Crippen LogP contribution in [0.5, 0.6) is 5.75 Å². The van der Waals surface area contributed by atoms with E-state index < -0.39 is 11.4 Å². The summed E-state index contributed by atoms with van der Waals surface area (Å²) in [6, 6.07) is 7.55. The standard InChI is InChI=1S/C18H24N2O4/c1-13-4-3-5-15(8-13)24-10-16(21)20-9-14-6-7-19(2)11-18(14,12-20)17(22)23/h3-5,8,14H,6-7,9-12H2,1-2H3,(H,22,23)/t14-,18-/m0/s1. The molecule has 2 aliphatic rings. The fraction of sp³-hybridized carbons (Fsp3) is 0.556. The van der Waals surface area contributed by atoms with E-state index in [2.05, 4.69) is 0 Å². The Kier molecular flexibility index (Phi) is 4.49. The van der Waals surface area contributed by atoms with Gasteiger partial charge in [0.1, 0.15) is 11.2 Å². The predicted octanol–water partition coefficient (Wildman–Crippen LogP) is 1.24. The predicted molar refractivity (Wildman–Crippen MR) is 88.9 cm³/mol. The quantitative estimate of drug-likeness (QED) is 0.898. The molecule has 3 rings (SSSR count). The lowest BCUT2D eigenvalue weighted by Crippen LogP contribution is -2.52. The van der Waals surface area contributed by atoms with Crippen LogP contribution >= 0.6 is 0 Å². The number of carbonyl (C=O) groups is 2. The molecule has 0 unspecified atom stereocenters. The normalized spacial score (nSPS) is 26.9. The second kappa shape index (κ2) is 6.43. The number of rotatable bonds is 4. The van der Waals surface area contributed by atoms with E-state index in [4.69, 9.17) is 4.74 Å². The number of hydrogen-bond donors (Lipinski definition) is 1. The van der Waals surface area contributed by atoms with Gasteiger partial charge >= 0.3 is 5.97 Å². The Hall–Kier alpha value is -2.08. The van der Waals surface area contributed by atoms with Crippen molar-refractivity contribution in [3.63, 3.8) is 0 Å². The highest BCUT2D eigenvalue weighted by molar-refractivity contribution is 5.82. The summed E-state index contributed by atoms with van der Waals surface area (Å²) in [4.78, 5) is 28.1. The third kappa shape index (κ3) is 3.11. The molecule has 2 atom stereocenters. The zero-order valence-electron chi connectivity index (χ0n) is 14.2. The number of fused-ring (bicyclic) bond motifs is 1. The molecule has 1 N–H and O–H groups in total. The van der Waals surface area contributed by atoms with E-state index in [0.717, 1.165) is 18.5 Å². The summed E-state index contributed by atoms with van der Waals surface area (Å²) in [5, 5.41) is 9.76. The van der Waals surface area contributed by atoms with E-state index in [1.54, 1.807) is 4.90 Å². The molecule has 2 fully saturated rings. The van der Waals surface area contributed by atoms with Crippen LogP contribution in [-0.2, 0) is 9.59 Å². The first-order valence-electron chi connectivity index (χ1n) is 8.30. The summed E-state index contributed by atoms with van der Waals surface area (Å²) < 4.78 is 5.58. The van der Waals surface area contributed by atoms with Crippen molar-refractivity contribution in [1.29, 1.82) is 0 Å². The summed E-state index contributed by atoms with van der Waals surface area (Å²) in [5.41, 5.74) is 0.228. The number of likely N-dealkylation sites (tertiary alicyclic amines) is 2. The third-order valence-electron chi connectivity index (χ3n) is 5.24. The van der Waals surface area contributed by atoms with Gasteiger partial charge in [0, 0.05) is 19.6 Å². The summed E-state index contributed by atoms with van der Waals surface area (Å²) in [6.45, 7) is 4.06. The molecule has 6 nitrogen and oxygen atoms in total. The Labute approximate surface area is 142 Å². The maximum Gasteiger partial charge on any atom is 0.313 e. The number of nitrogens with zero attached hydrogens (tertiary/aromatic N) is 2. The van der Waals surface area contributed by atoms with Gasteiger partial charge in [0.05, 0.1) is 0 Å². The monoisotopic (exact) mass is 332 g/mol. The number of aliphatic carboxylic acids is 1. The van der Waals surface area contributed by atoms with Crippen molar-refractivity contribution in [3.8, 4) is 5.75 Å². The summed E-state index contributed by atoms with van der Waals surface area (Å²) in [7, 11) is 1.94. The van der Waals surface area contributed by atoms with Crippen LogP contribution in [0.15, 0.2) is 24.3 Å². The van der Waals surface area contributed by atoms with Gasteiger partial charge in [-0.15, -0.1) is 0 Å². The number of carboxylic acids is 1. The largest absolute Gasteiger partial charge is 0.484 e. The van der Waals surface area contributed by atoms with Gasteiger partial charge in [-0.25, -0.2) is 0 Å². The minimum Gasteiger partial charge on any atom is -0.484 e. The van der Waals surface area contributed by atoms with Crippen LogP contribution in [-0.4, -0.2) is 66.6 Å². The van der Waals surface area contributed by atoms with Crippen LogP contribution < -0.4 is 4.74 Å². The fourth-order valence-corrected chi connectivity index (χ4v) is 3.90. The van der Waals surface area contributed by atoms with Gasteiger partial charge in [0.15, 0.2) is 6.61 Å². The molecule has 1 amide bonds. The Morgan fingerprint density at radius 2 is 2.17 bits per heavy atom. The molecular weight excluding hydrogens is 308 g/mol. The van der Waals surface area contributed by atoms with Gasteiger partial charge in [-0.1, -0.05) is 12.1 Å². The molecular formula is C18H24N2O4. The number of amides is 1. The Balaban J connectivity index is 1.65. The summed E-state index contributed by atoms with van der Waals surface area (Å²) in [6.07, 6.45) is 0.811. The van der Waals surface area contributed by atoms with Gasteiger partial charge in [-0.3, -0.25) is 9.59 Å². The molecule has 0 radical (unpaired) electrons. The van der Waals surface area contributed by atoms with Gasteiger partial charge in [-0.2, -0.15) is 0 Å². The smallest absolute Gasteiger partial charge is 0.313 e. The maximum atomic E-state index is 12.5. The minimum atomic E-state index is -0.841. The van der Waals surface area contributed by atoms with Crippen LogP contribution in [0.2, 0.25) is 0 Å². The lowest BCUT2D eigenvalue weighted by Gasteiger charge is -2.39. The summed E-state index contributed by atoms with van der Waals surface area (Å²) >= 11 is 0. The van der Waals surface area contributed by atoms with E-state index in [-0.39, 0.29) is 25.0 Å². The highest BCUT2D eigenvalue weighted by Gasteiger charge is 2.55. The van der Waals surface area contributed by atoms with Crippen LogP contribution in [0.25, 0.3) is 0 Å². The SMILES string of the molecule is Cc1cccc(OCC(=O)N2C[C@@H]3CCN(C)C[C@]3(C(=O)O)C2)c1. The maximum absolute atomic E-state index is 12.5. The molecule has 6 heteroatoms. The topological polar surface area (TPSA) is 70.1 Å². The number of hydrogen-bond acceptors (Lipinski definition) is 4. The number of carboxylic acid groups (broad SMARTS) is 1. The van der Waals surface area contributed by atoms with E-state index in [1.807, 2.05) is 43.1 Å². The Morgan fingerprint density at radius 1 is 1.38 bits per heavy atom. The first kappa shape index (κ1) is 16.8. The van der Waals surface area contributed by atoms with Crippen molar-refractivity contribution in [3.05, 3.63) is 29.8 Å². The van der Waals surface area contributed by atoms with Crippen molar-refractivity contribution in [2.45, 2.75) is 13.3 Å². The van der Waals surface area contributed by atoms with Crippen LogP contribution in [0, 0.1) is 18.3 Å². The Bertz CT molecular complexity index is 648. The van der Waals surface area contributed by atoms with Crippen LogP contribution in [0.3, 0.4) is 0 Å². The zero-order valence-corrected chi connectivity index (χ0v) is 14.2. The van der Waals surface area contributed by atoms with E-state index in [9.17, 15) is 14.7 Å². The van der Waals surface area contributed by atoms with E-state index in [0.29, 0.717) is 18.8 Å². The minimum absolute atomic E-state index is 0.0223. The van der Waals surface area contributed by atoms with E-state index >= 15 is 0 Å². The van der Waals surface area contributed by atoms with Gasteiger partial charge < -0.3 is 19.6 Å². The molecule has 2 heterocycles. The highest BCUT2D eigenvalue weighted by atomic mass is 16.5. The number of benzene rings is 1. The lowest BCUT2D eigenvalue weighted by atomic mass is 9.73. The van der Waals surface area contributed by atoms with Gasteiger partial charge in [-0.05, 0) is 50.6 Å². The van der Waals surface area contributed by atoms with Crippen molar-refractivity contribution in [1.82, 2.24) is 9.80 Å². The second-order valence-electron chi connectivity index (χ2n) is 7.06. The average molecular weight is 332 g/mol. The Morgan fingerprint density at radius 3 is 2.88 bits per heavy atom. The molecule has 0 aliphatic carbocycles. The number of carbonyl (C=O) groups excluding carboxylic acids is 1. The zero-order chi connectivity index (χ0) is 17.3. The molecule has 1 aromatic carbocycles. The van der Waals surface area contributed by atoms with Gasteiger partial charge in [0.25, 0.3) is 5.91 Å². The molecule has 0 bridgehead atoms. The molecule has 2 aliphatic heterocycles. The first-order valence-corrected chi connectivity index (χ1v) is 8.30. The fourth-order valence-electron chi connectivity index (χ4n) is 3.90. The number of piperidine rings is 1. The first-order chi connectivity index (χ1) is 11.4. The molecule has 2 saturated heterocycles. The van der Waals surface area contributed by atoms with Crippen molar-refractivity contribution in [2.75, 3.05) is 39.8 Å². The van der Waals surface area contributed by atoms with Gasteiger partial charge in [0.2, 0.25) is 0 Å². The third-order valence-corrected chi connectivity index (χ3v) is 5.24. The molecule has 0 aromatic heterocycles. The van der Waals surface area contributed by atoms with Crippen LogP contribution in [0.4, 0.5) is 0 Å². The van der Waals surface area contributed by atoms with Crippen molar-refractivity contribution < 1.29 is 19.4 Å². The number of aryl methyl sites for hydroxylation is 1. The molecule has 0 saturated carbocycles. The summed E-state index contributed by atoms with van der Waals surface area (Å²) in [5.74, 6) is -0.259. The lowest BCUT2D eigenvalue weighted by molar-refractivity contribution is -0.154. The van der Waals surface area contributed by atoms with E-state index in [1.165, 1.54) is 0 Å². The van der Waals surface area contributed by atoms with Crippen LogP contribution in [0.1, 0.15) is 12.0 Å². The molecule has 24 heavy (non-hydrogen) atoms. The molecule has 1 aromatic rings. The average Bonchev–Trinajstić information content (AvgIpc) is 2.93. The molecule has 130 valence electrons.